The first-order valence-corrected chi connectivity index (χ1v) is 11.1. The summed E-state index contributed by atoms with van der Waals surface area (Å²) in [6, 6.07) is 30.9. The molecule has 0 aliphatic rings. The summed E-state index contributed by atoms with van der Waals surface area (Å²) >= 11 is 0. The van der Waals surface area contributed by atoms with Gasteiger partial charge < -0.3 is 15.3 Å². The average Bonchev–Trinajstić information content (AvgIpc) is 2.86. The molecule has 6 aromatic rings. The van der Waals surface area contributed by atoms with Gasteiger partial charge in [0.15, 0.2) is 0 Å². The molecule has 36 heavy (non-hydrogen) atoms. The first-order chi connectivity index (χ1) is 16.9. The molecular weight excluding hydrogens is 463 g/mol. The van der Waals surface area contributed by atoms with Crippen LogP contribution in [0.25, 0.3) is 32.6 Å². The molecule has 0 unspecified atom stereocenters. The van der Waals surface area contributed by atoms with Crippen molar-refractivity contribution in [2.75, 3.05) is 0 Å². The van der Waals surface area contributed by atoms with Crippen molar-refractivity contribution in [3.8, 4) is 17.2 Å². The molecule has 2 aromatic heterocycles. The third kappa shape index (κ3) is 6.51. The fraction of sp³-hybridized carbons (Fsp3) is 0.0667. The molecule has 0 fully saturated rings. The van der Waals surface area contributed by atoms with E-state index in [0.29, 0.717) is 11.0 Å². The van der Waals surface area contributed by atoms with Crippen molar-refractivity contribution in [1.29, 1.82) is 0 Å². The summed E-state index contributed by atoms with van der Waals surface area (Å²) in [6.07, 6.45) is 0. The van der Waals surface area contributed by atoms with Gasteiger partial charge in [0.25, 0.3) is 0 Å². The molecule has 0 saturated heterocycles. The first kappa shape index (κ1) is 26.5. The molecule has 6 heteroatoms. The van der Waals surface area contributed by atoms with E-state index >= 15 is 0 Å². The fourth-order valence-electron chi connectivity index (χ4n) is 3.60. The van der Waals surface area contributed by atoms with Crippen molar-refractivity contribution in [3.63, 3.8) is 0 Å². The minimum Gasteiger partial charge on any atom is -0.872 e. The quantitative estimate of drug-likeness (QED) is 0.288. The van der Waals surface area contributed by atoms with Crippen molar-refractivity contribution in [2.24, 2.45) is 0 Å². The summed E-state index contributed by atoms with van der Waals surface area (Å²) < 4.78 is 0. The molecule has 0 atom stereocenters. The molecule has 0 aliphatic heterocycles. The zero-order valence-electron chi connectivity index (χ0n) is 20.0. The van der Waals surface area contributed by atoms with Crippen LogP contribution >= 0.6 is 0 Å². The van der Waals surface area contributed by atoms with Crippen LogP contribution in [0.15, 0.2) is 103 Å². The van der Waals surface area contributed by atoms with Crippen LogP contribution in [-0.2, 0) is 0 Å². The molecule has 0 spiro atoms. The molecular formula is C30H23AlN2O3. The minimum atomic E-state index is -0.00352. The van der Waals surface area contributed by atoms with Gasteiger partial charge >= 0.3 is 17.4 Å². The molecule has 0 radical (unpaired) electrons. The van der Waals surface area contributed by atoms with Gasteiger partial charge in [-0.2, -0.15) is 0 Å². The van der Waals surface area contributed by atoms with E-state index < -0.39 is 0 Å². The Labute approximate surface area is 220 Å². The number of hydrogen-bond donors (Lipinski definition) is 0. The normalized spacial score (nSPS) is 10.1. The number of pyridine rings is 2. The van der Waals surface area contributed by atoms with E-state index in [1.807, 2.05) is 80.6 Å². The summed E-state index contributed by atoms with van der Waals surface area (Å²) in [5, 5.41) is 37.4. The van der Waals surface area contributed by atoms with Crippen molar-refractivity contribution < 1.29 is 15.3 Å². The van der Waals surface area contributed by atoms with Crippen LogP contribution in [0.5, 0.6) is 17.2 Å². The van der Waals surface area contributed by atoms with Gasteiger partial charge in [0, 0.05) is 11.4 Å². The van der Waals surface area contributed by atoms with E-state index in [2.05, 4.69) is 9.97 Å². The van der Waals surface area contributed by atoms with Crippen LogP contribution in [0.3, 0.4) is 0 Å². The Balaban J connectivity index is 0.000000149. The van der Waals surface area contributed by atoms with Crippen LogP contribution in [0.1, 0.15) is 11.4 Å². The Morgan fingerprint density at radius 1 is 0.472 bits per heavy atom. The number of fused-ring (bicyclic) bond motifs is 3. The Morgan fingerprint density at radius 3 is 1.44 bits per heavy atom. The molecule has 6 rings (SSSR count). The minimum absolute atomic E-state index is 0. The largest absolute Gasteiger partial charge is 3.00 e. The standard InChI is InChI=1S/2C10H9NO.C10H8O.Al/c2*1-7-5-6-8-3-2-4-9(12)10(8)11-7;11-10-6-5-8-3-1-2-4-9(8)7-10;/h2*2-6,12H,1H3;1-7,11H;/q;;;+3/p-3. The molecule has 0 saturated carbocycles. The maximum absolute atomic E-state index is 11.3. The third-order valence-electron chi connectivity index (χ3n) is 5.37. The molecule has 0 amide bonds. The molecule has 5 nitrogen and oxygen atoms in total. The van der Waals surface area contributed by atoms with E-state index in [0.717, 1.165) is 32.9 Å². The second-order valence-electron chi connectivity index (χ2n) is 8.07. The van der Waals surface area contributed by atoms with Crippen molar-refractivity contribution in [3.05, 3.63) is 115 Å². The molecule has 0 aliphatic carbocycles. The number of para-hydroxylation sites is 2. The van der Waals surface area contributed by atoms with Gasteiger partial charge in [0.2, 0.25) is 0 Å². The number of nitrogens with zero attached hydrogens (tertiary/aromatic N) is 2. The maximum Gasteiger partial charge on any atom is 3.00 e. The van der Waals surface area contributed by atoms with Crippen molar-refractivity contribution in [2.45, 2.75) is 13.8 Å². The van der Waals surface area contributed by atoms with Crippen LogP contribution in [-0.4, -0.2) is 27.3 Å². The van der Waals surface area contributed by atoms with Gasteiger partial charge in [-0.15, -0.1) is 5.75 Å². The van der Waals surface area contributed by atoms with E-state index in [1.165, 1.54) is 12.1 Å². The first-order valence-electron chi connectivity index (χ1n) is 11.1. The molecule has 4 aromatic carbocycles. The predicted octanol–water partition coefficient (Wildman–Crippen LogP) is 4.77. The summed E-state index contributed by atoms with van der Waals surface area (Å²) in [5.74, 6) is 0.0658. The van der Waals surface area contributed by atoms with Crippen LogP contribution < -0.4 is 15.3 Å². The van der Waals surface area contributed by atoms with Crippen LogP contribution in [0.4, 0.5) is 0 Å². The van der Waals surface area contributed by atoms with E-state index in [1.54, 1.807) is 24.3 Å². The Hall–Kier alpha value is -4.11. The van der Waals surface area contributed by atoms with Gasteiger partial charge in [0.1, 0.15) is 0 Å². The van der Waals surface area contributed by atoms with Gasteiger partial charge in [-0.25, -0.2) is 0 Å². The van der Waals surface area contributed by atoms with Gasteiger partial charge in [-0.3, -0.25) is 9.97 Å². The van der Waals surface area contributed by atoms with Crippen LogP contribution in [0, 0.1) is 13.8 Å². The predicted molar refractivity (Wildman–Crippen MR) is 141 cm³/mol. The number of rotatable bonds is 0. The average molecular weight is 487 g/mol. The van der Waals surface area contributed by atoms with E-state index in [-0.39, 0.29) is 34.6 Å². The number of aromatic nitrogens is 2. The van der Waals surface area contributed by atoms with Gasteiger partial charge in [-0.1, -0.05) is 102 Å². The second kappa shape index (κ2) is 12.0. The Morgan fingerprint density at radius 2 is 0.917 bits per heavy atom. The van der Waals surface area contributed by atoms with Crippen molar-refractivity contribution >= 4 is 49.9 Å². The van der Waals surface area contributed by atoms with Gasteiger partial charge in [-0.05, 0) is 47.5 Å². The zero-order valence-corrected chi connectivity index (χ0v) is 21.2. The molecule has 174 valence electrons. The summed E-state index contributed by atoms with van der Waals surface area (Å²) in [4.78, 5) is 8.33. The molecule has 2 heterocycles. The Kier molecular flexibility index (Phi) is 8.86. The van der Waals surface area contributed by atoms with Crippen molar-refractivity contribution in [1.82, 2.24) is 9.97 Å². The molecule has 0 N–H and O–H groups in total. The second-order valence-corrected chi connectivity index (χ2v) is 8.07. The smallest absolute Gasteiger partial charge is 0.872 e. The topological polar surface area (TPSA) is 95.0 Å². The maximum atomic E-state index is 11.3. The fourth-order valence-corrected chi connectivity index (χ4v) is 3.60. The number of hydrogen-bond acceptors (Lipinski definition) is 5. The third-order valence-corrected chi connectivity index (χ3v) is 5.37. The summed E-state index contributed by atoms with van der Waals surface area (Å²) in [6.45, 7) is 3.76. The monoisotopic (exact) mass is 486 g/mol. The SMILES string of the molecule is Cc1ccc2cccc([O-])c2n1.Cc1ccc2cccc([O-])c2n1.[Al+3].[O-]c1ccc2ccccc2c1. The zero-order chi connectivity index (χ0) is 24.8. The number of aryl methyl sites for hydroxylation is 2. The van der Waals surface area contributed by atoms with E-state index in [9.17, 15) is 15.3 Å². The van der Waals surface area contributed by atoms with E-state index in [4.69, 9.17) is 0 Å². The summed E-state index contributed by atoms with van der Waals surface area (Å²) in [7, 11) is 0. The Bertz CT molecular complexity index is 1540. The van der Waals surface area contributed by atoms with Gasteiger partial charge in [0.05, 0.1) is 11.0 Å². The summed E-state index contributed by atoms with van der Waals surface area (Å²) in [5.41, 5.74) is 2.90. The molecule has 0 bridgehead atoms. The number of benzene rings is 4. The van der Waals surface area contributed by atoms with Crippen LogP contribution in [0.2, 0.25) is 0 Å².